The monoisotopic (exact) mass is 514 g/mol. The third-order valence-corrected chi connectivity index (χ3v) is 7.18. The van der Waals surface area contributed by atoms with Gasteiger partial charge in [0.15, 0.2) is 0 Å². The Balaban J connectivity index is 1.50. The normalized spacial score (nSPS) is 14.0. The second-order valence-electron chi connectivity index (χ2n) is 10.0. The van der Waals surface area contributed by atoms with Crippen molar-refractivity contribution >= 4 is 28.7 Å². The topological polar surface area (TPSA) is 78.7 Å². The summed E-state index contributed by atoms with van der Waals surface area (Å²) < 4.78 is 15.8. The molecule has 1 saturated carbocycles. The number of urea groups is 1. The Morgan fingerprint density at radius 3 is 2.29 bits per heavy atom. The highest BCUT2D eigenvalue weighted by molar-refractivity contribution is 5.93. The van der Waals surface area contributed by atoms with Crippen molar-refractivity contribution in [2.45, 2.75) is 44.7 Å². The number of anilines is 1. The van der Waals surface area contributed by atoms with Gasteiger partial charge in [-0.05, 0) is 60.9 Å². The van der Waals surface area contributed by atoms with Gasteiger partial charge in [-0.15, -0.1) is 0 Å². The first-order chi connectivity index (χ1) is 18.3. The number of carboxylic acid groups (broad SMARTS) is 1. The SMILES string of the molecule is CN(C)C(=O)N(Cc1ccc(-c2nc3cc(C(=O)O)ccc3n2C2CCCCC2)cc1)c1ccc(F)cc1. The number of carbonyl (C=O) groups is 2. The van der Waals surface area contributed by atoms with E-state index in [0.29, 0.717) is 23.8 Å². The van der Waals surface area contributed by atoms with E-state index < -0.39 is 5.97 Å². The van der Waals surface area contributed by atoms with E-state index in [0.717, 1.165) is 48.2 Å². The van der Waals surface area contributed by atoms with E-state index >= 15 is 0 Å². The molecule has 1 heterocycles. The van der Waals surface area contributed by atoms with Crippen LogP contribution in [0.4, 0.5) is 14.9 Å². The molecule has 0 bridgehead atoms. The fraction of sp³-hybridized carbons (Fsp3) is 0.300. The molecule has 0 aliphatic heterocycles. The van der Waals surface area contributed by atoms with E-state index in [1.54, 1.807) is 43.3 Å². The van der Waals surface area contributed by atoms with Gasteiger partial charge >= 0.3 is 12.0 Å². The molecule has 1 aliphatic carbocycles. The molecular formula is C30H31FN4O3. The minimum atomic E-state index is -0.969. The van der Waals surface area contributed by atoms with Crippen LogP contribution in [-0.2, 0) is 6.54 Å². The Morgan fingerprint density at radius 2 is 1.66 bits per heavy atom. The van der Waals surface area contributed by atoms with Crippen molar-refractivity contribution in [1.82, 2.24) is 14.5 Å². The van der Waals surface area contributed by atoms with Crippen LogP contribution in [-0.4, -0.2) is 45.7 Å². The second-order valence-corrected chi connectivity index (χ2v) is 10.0. The smallest absolute Gasteiger partial charge is 0.335 e. The van der Waals surface area contributed by atoms with Gasteiger partial charge in [0.1, 0.15) is 11.6 Å². The molecule has 1 aromatic heterocycles. The lowest BCUT2D eigenvalue weighted by Crippen LogP contribution is -2.38. The van der Waals surface area contributed by atoms with Gasteiger partial charge in [0.05, 0.1) is 23.1 Å². The number of hydrogen-bond acceptors (Lipinski definition) is 3. The number of fused-ring (bicyclic) bond motifs is 1. The van der Waals surface area contributed by atoms with Crippen molar-refractivity contribution in [2.24, 2.45) is 0 Å². The van der Waals surface area contributed by atoms with Crippen molar-refractivity contribution in [1.29, 1.82) is 0 Å². The Morgan fingerprint density at radius 1 is 0.974 bits per heavy atom. The third kappa shape index (κ3) is 5.11. The predicted molar refractivity (Wildman–Crippen MR) is 146 cm³/mol. The molecule has 5 rings (SSSR count). The average molecular weight is 515 g/mol. The van der Waals surface area contributed by atoms with Gasteiger partial charge < -0.3 is 14.6 Å². The van der Waals surface area contributed by atoms with Crippen molar-refractivity contribution < 1.29 is 19.1 Å². The summed E-state index contributed by atoms with van der Waals surface area (Å²) in [7, 11) is 3.38. The van der Waals surface area contributed by atoms with Crippen LogP contribution in [0.1, 0.15) is 54.1 Å². The maximum atomic E-state index is 13.5. The average Bonchev–Trinajstić information content (AvgIpc) is 3.31. The minimum Gasteiger partial charge on any atom is -0.478 e. The molecule has 0 radical (unpaired) electrons. The lowest BCUT2D eigenvalue weighted by atomic mass is 9.94. The molecule has 196 valence electrons. The Hall–Kier alpha value is -4.20. The predicted octanol–water partition coefficient (Wildman–Crippen LogP) is 6.73. The molecule has 1 N–H and O–H groups in total. The van der Waals surface area contributed by atoms with E-state index in [4.69, 9.17) is 4.98 Å². The standard InChI is InChI=1S/C30H31FN4O3/c1-33(2)30(38)34(24-15-13-23(31)14-16-24)19-20-8-10-21(11-9-20)28-32-26-18-22(29(36)37)12-17-27(26)35(28)25-6-4-3-5-7-25/h8-18,25H,3-7,19H2,1-2H3,(H,36,37). The lowest BCUT2D eigenvalue weighted by Gasteiger charge is -2.27. The zero-order valence-electron chi connectivity index (χ0n) is 21.6. The fourth-order valence-electron chi connectivity index (χ4n) is 5.22. The first-order valence-electron chi connectivity index (χ1n) is 12.9. The summed E-state index contributed by atoms with van der Waals surface area (Å²) in [5, 5.41) is 9.47. The molecule has 0 spiro atoms. The largest absolute Gasteiger partial charge is 0.478 e. The highest BCUT2D eigenvalue weighted by Gasteiger charge is 2.23. The number of halogens is 1. The van der Waals surface area contributed by atoms with Gasteiger partial charge in [-0.1, -0.05) is 43.5 Å². The molecule has 7 nitrogen and oxygen atoms in total. The van der Waals surface area contributed by atoms with Crippen LogP contribution in [0.3, 0.4) is 0 Å². The highest BCUT2D eigenvalue weighted by atomic mass is 19.1. The summed E-state index contributed by atoms with van der Waals surface area (Å²) >= 11 is 0. The van der Waals surface area contributed by atoms with Crippen molar-refractivity contribution in [3.8, 4) is 11.4 Å². The molecule has 0 unspecified atom stereocenters. The Kier molecular flexibility index (Phi) is 7.13. The van der Waals surface area contributed by atoms with Gasteiger partial charge in [0, 0.05) is 31.4 Å². The van der Waals surface area contributed by atoms with Gasteiger partial charge in [-0.3, -0.25) is 4.90 Å². The van der Waals surface area contributed by atoms with Gasteiger partial charge in [0.2, 0.25) is 0 Å². The van der Waals surface area contributed by atoms with Crippen molar-refractivity contribution in [3.05, 3.63) is 83.7 Å². The number of rotatable bonds is 6. The number of imidazole rings is 1. The Bertz CT molecular complexity index is 1460. The van der Waals surface area contributed by atoms with Crippen LogP contribution in [0.5, 0.6) is 0 Å². The molecule has 3 aromatic carbocycles. The van der Waals surface area contributed by atoms with Crippen molar-refractivity contribution in [3.63, 3.8) is 0 Å². The third-order valence-electron chi connectivity index (χ3n) is 7.18. The number of amides is 2. The maximum Gasteiger partial charge on any atom is 0.335 e. The summed E-state index contributed by atoms with van der Waals surface area (Å²) in [6.45, 7) is 0.323. The van der Waals surface area contributed by atoms with Gasteiger partial charge in [0.25, 0.3) is 0 Å². The zero-order chi connectivity index (χ0) is 26.8. The summed E-state index contributed by atoms with van der Waals surface area (Å²) in [6.07, 6.45) is 5.68. The number of carboxylic acids is 1. The molecule has 4 aromatic rings. The summed E-state index contributed by atoms with van der Waals surface area (Å²) in [5.74, 6) is -0.504. The van der Waals surface area contributed by atoms with E-state index in [2.05, 4.69) is 4.57 Å². The molecule has 2 amide bonds. The molecule has 0 atom stereocenters. The number of aromatic carboxylic acids is 1. The van der Waals surface area contributed by atoms with Gasteiger partial charge in [-0.25, -0.2) is 19.0 Å². The fourth-order valence-corrected chi connectivity index (χ4v) is 5.22. The molecule has 1 aliphatic rings. The number of benzene rings is 3. The van der Waals surface area contributed by atoms with Crippen molar-refractivity contribution in [2.75, 3.05) is 19.0 Å². The lowest BCUT2D eigenvalue weighted by molar-refractivity contribution is 0.0697. The number of nitrogens with zero attached hydrogens (tertiary/aromatic N) is 4. The molecule has 1 fully saturated rings. The van der Waals surface area contributed by atoms with Crippen LogP contribution >= 0.6 is 0 Å². The molecule has 38 heavy (non-hydrogen) atoms. The second kappa shape index (κ2) is 10.7. The summed E-state index contributed by atoms with van der Waals surface area (Å²) in [5.41, 5.74) is 4.30. The summed E-state index contributed by atoms with van der Waals surface area (Å²) in [4.78, 5) is 32.5. The van der Waals surface area contributed by atoms with Gasteiger partial charge in [-0.2, -0.15) is 0 Å². The van der Waals surface area contributed by atoms with Crippen LogP contribution in [0, 0.1) is 5.82 Å². The number of hydrogen-bond donors (Lipinski definition) is 1. The van der Waals surface area contributed by atoms with Crippen LogP contribution < -0.4 is 4.90 Å². The highest BCUT2D eigenvalue weighted by Crippen LogP contribution is 2.36. The first-order valence-corrected chi connectivity index (χ1v) is 12.9. The summed E-state index contributed by atoms with van der Waals surface area (Å²) in [6, 6.07) is 19.1. The van der Waals surface area contributed by atoms with E-state index in [-0.39, 0.29) is 17.4 Å². The molecule has 0 saturated heterocycles. The quantitative estimate of drug-likeness (QED) is 0.309. The molecule has 8 heteroatoms. The Labute approximate surface area is 221 Å². The van der Waals surface area contributed by atoms with E-state index in [9.17, 15) is 19.1 Å². The maximum absolute atomic E-state index is 13.5. The van der Waals surface area contributed by atoms with E-state index in [1.165, 1.54) is 23.5 Å². The number of carbonyl (C=O) groups excluding carboxylic acids is 1. The van der Waals surface area contributed by atoms with Crippen LogP contribution in [0.2, 0.25) is 0 Å². The minimum absolute atomic E-state index is 0.200. The van der Waals surface area contributed by atoms with E-state index in [1.807, 2.05) is 30.3 Å². The molecular weight excluding hydrogens is 483 g/mol. The zero-order valence-corrected chi connectivity index (χ0v) is 21.6. The number of aromatic nitrogens is 2. The van der Waals surface area contributed by atoms with Crippen LogP contribution in [0.15, 0.2) is 66.7 Å². The van der Waals surface area contributed by atoms with Crippen LogP contribution in [0.25, 0.3) is 22.4 Å². The first kappa shape index (κ1) is 25.4.